The standard InChI is InChI=1S/C36H43F4N3O7S/c1-47-27-7-5-24(31(18-27)49-3)21-43(22-25-6-8-28(48-2)19-32(25)50-4)51(45,46)33-17-26(12-16-41-33)42-34(44)30-20-36(39,40)15-11-29(30)23-9-13-35(37,38)14-10-23/h5-8,12,16-19,23,29-30H,9-11,13-15,20-22H2,1-4H3,(H,41,42,44). The molecule has 2 unspecified atom stereocenters. The van der Waals surface area contributed by atoms with Crippen molar-refractivity contribution in [1.29, 1.82) is 0 Å². The van der Waals surface area contributed by atoms with Gasteiger partial charge in [0, 0.05) is 85.9 Å². The molecule has 15 heteroatoms. The number of amides is 1. The Hall–Kier alpha value is -4.11. The van der Waals surface area contributed by atoms with Crippen molar-refractivity contribution in [3.8, 4) is 23.0 Å². The number of nitrogens with one attached hydrogen (secondary N) is 1. The van der Waals surface area contributed by atoms with Gasteiger partial charge in [-0.15, -0.1) is 0 Å². The van der Waals surface area contributed by atoms with Crippen LogP contribution in [0.25, 0.3) is 0 Å². The van der Waals surface area contributed by atoms with Crippen molar-refractivity contribution in [2.24, 2.45) is 17.8 Å². The third-order valence-electron chi connectivity index (χ3n) is 9.87. The molecule has 278 valence electrons. The molecule has 2 atom stereocenters. The lowest BCUT2D eigenvalue weighted by Crippen LogP contribution is -2.43. The summed E-state index contributed by atoms with van der Waals surface area (Å²) in [6.45, 7) is -0.329. The summed E-state index contributed by atoms with van der Waals surface area (Å²) in [5.41, 5.74) is 1.08. The Balaban J connectivity index is 1.44. The van der Waals surface area contributed by atoms with E-state index in [1.807, 2.05) is 0 Å². The number of carbonyl (C=O) groups excluding carboxylic acids is 1. The molecule has 1 heterocycles. The van der Waals surface area contributed by atoms with E-state index in [9.17, 15) is 30.8 Å². The van der Waals surface area contributed by atoms with E-state index in [2.05, 4.69) is 10.3 Å². The number of sulfonamides is 1. The zero-order valence-corrected chi connectivity index (χ0v) is 29.8. The van der Waals surface area contributed by atoms with Crippen LogP contribution in [0.15, 0.2) is 59.8 Å². The number of halogens is 4. The summed E-state index contributed by atoms with van der Waals surface area (Å²) in [5, 5.41) is 2.23. The van der Waals surface area contributed by atoms with Crippen LogP contribution in [0.2, 0.25) is 0 Å². The van der Waals surface area contributed by atoms with E-state index in [4.69, 9.17) is 18.9 Å². The molecule has 2 aliphatic carbocycles. The van der Waals surface area contributed by atoms with Crippen molar-refractivity contribution in [2.45, 2.75) is 74.9 Å². The maximum atomic E-state index is 14.7. The molecule has 0 spiro atoms. The topological polar surface area (TPSA) is 116 Å². The molecule has 3 aromatic rings. The first-order valence-electron chi connectivity index (χ1n) is 16.6. The number of alkyl halides is 4. The second kappa shape index (κ2) is 15.6. The normalized spacial score (nSPS) is 20.4. The number of hydrogen-bond donors (Lipinski definition) is 1. The summed E-state index contributed by atoms with van der Waals surface area (Å²) < 4.78 is 109. The zero-order chi connectivity index (χ0) is 37.0. The molecule has 10 nitrogen and oxygen atoms in total. The van der Waals surface area contributed by atoms with Crippen molar-refractivity contribution in [3.05, 3.63) is 65.9 Å². The van der Waals surface area contributed by atoms with Gasteiger partial charge in [0.15, 0.2) is 5.03 Å². The molecule has 0 aliphatic heterocycles. The Morgan fingerprint density at radius 3 is 1.88 bits per heavy atom. The third kappa shape index (κ3) is 9.04. The molecule has 0 radical (unpaired) electrons. The van der Waals surface area contributed by atoms with Gasteiger partial charge in [-0.2, -0.15) is 4.31 Å². The zero-order valence-electron chi connectivity index (χ0n) is 29.0. The van der Waals surface area contributed by atoms with E-state index >= 15 is 0 Å². The lowest BCUT2D eigenvalue weighted by molar-refractivity contribution is -0.136. The highest BCUT2D eigenvalue weighted by Crippen LogP contribution is 2.49. The van der Waals surface area contributed by atoms with Gasteiger partial charge in [0.2, 0.25) is 17.8 Å². The number of nitrogens with zero attached hydrogens (tertiary/aromatic N) is 2. The van der Waals surface area contributed by atoms with Crippen molar-refractivity contribution >= 4 is 21.6 Å². The number of hydrogen-bond acceptors (Lipinski definition) is 8. The first kappa shape index (κ1) is 38.1. The smallest absolute Gasteiger partial charge is 0.261 e. The average Bonchev–Trinajstić information content (AvgIpc) is 3.11. The Morgan fingerprint density at radius 2 is 1.35 bits per heavy atom. The number of aromatic nitrogens is 1. The monoisotopic (exact) mass is 737 g/mol. The van der Waals surface area contributed by atoms with Crippen LogP contribution < -0.4 is 24.3 Å². The highest BCUT2D eigenvalue weighted by atomic mass is 32.2. The van der Waals surface area contributed by atoms with E-state index in [1.54, 1.807) is 36.4 Å². The molecule has 1 N–H and O–H groups in total. The SMILES string of the molecule is COc1ccc(CN(Cc2ccc(OC)cc2OC)S(=O)(=O)c2cc(NC(=O)C3CC(F)(F)CCC3C3CCC(F)(F)CC3)ccn2)c(OC)c1. The van der Waals surface area contributed by atoms with Gasteiger partial charge in [-0.3, -0.25) is 4.79 Å². The van der Waals surface area contributed by atoms with E-state index in [1.165, 1.54) is 51.1 Å². The quantitative estimate of drug-likeness (QED) is 0.182. The van der Waals surface area contributed by atoms with Gasteiger partial charge >= 0.3 is 0 Å². The second-order valence-electron chi connectivity index (χ2n) is 13.1. The van der Waals surface area contributed by atoms with Gasteiger partial charge in [-0.05, 0) is 49.3 Å². The second-order valence-corrected chi connectivity index (χ2v) is 14.9. The van der Waals surface area contributed by atoms with Crippen LogP contribution in [0.4, 0.5) is 23.2 Å². The van der Waals surface area contributed by atoms with Crippen LogP contribution in [0.1, 0.15) is 56.1 Å². The van der Waals surface area contributed by atoms with Crippen LogP contribution in [0, 0.1) is 17.8 Å². The first-order valence-corrected chi connectivity index (χ1v) is 18.1. The molecule has 2 saturated carbocycles. The molecule has 1 amide bonds. The minimum Gasteiger partial charge on any atom is -0.497 e. The number of rotatable bonds is 13. The van der Waals surface area contributed by atoms with Crippen LogP contribution in [0.5, 0.6) is 23.0 Å². The van der Waals surface area contributed by atoms with Gasteiger partial charge in [0.25, 0.3) is 10.0 Å². The Bertz CT molecular complexity index is 1740. The van der Waals surface area contributed by atoms with Gasteiger partial charge in [0.05, 0.1) is 28.4 Å². The fourth-order valence-electron chi connectivity index (χ4n) is 7.06. The Labute approximate surface area is 295 Å². The highest BCUT2D eigenvalue weighted by Gasteiger charge is 2.49. The van der Waals surface area contributed by atoms with E-state index in [0.29, 0.717) is 34.1 Å². The molecule has 51 heavy (non-hydrogen) atoms. The van der Waals surface area contributed by atoms with Crippen molar-refractivity contribution in [3.63, 3.8) is 0 Å². The number of benzene rings is 2. The van der Waals surface area contributed by atoms with Crippen molar-refractivity contribution < 1.29 is 49.7 Å². The Kier molecular flexibility index (Phi) is 11.7. The minimum atomic E-state index is -4.41. The molecule has 5 rings (SSSR count). The average molecular weight is 738 g/mol. The molecule has 0 saturated heterocycles. The number of carbonyl (C=O) groups is 1. The molecular formula is C36H43F4N3O7S. The molecule has 1 aromatic heterocycles. The summed E-state index contributed by atoms with van der Waals surface area (Å²) >= 11 is 0. The van der Waals surface area contributed by atoms with Crippen LogP contribution in [-0.4, -0.2) is 63.9 Å². The summed E-state index contributed by atoms with van der Waals surface area (Å²) in [4.78, 5) is 17.8. The maximum absolute atomic E-state index is 14.7. The van der Waals surface area contributed by atoms with Crippen LogP contribution >= 0.6 is 0 Å². The van der Waals surface area contributed by atoms with E-state index in [-0.39, 0.29) is 56.8 Å². The molecule has 2 fully saturated rings. The number of ether oxygens (including phenoxy) is 4. The maximum Gasteiger partial charge on any atom is 0.261 e. The fraction of sp³-hybridized carbons (Fsp3) is 0.500. The van der Waals surface area contributed by atoms with E-state index in [0.717, 1.165) is 0 Å². The predicted molar refractivity (Wildman–Crippen MR) is 181 cm³/mol. The molecular weight excluding hydrogens is 694 g/mol. The van der Waals surface area contributed by atoms with Crippen LogP contribution in [0.3, 0.4) is 0 Å². The summed E-state index contributed by atoms with van der Waals surface area (Å²) in [5.74, 6) is -6.75. The van der Waals surface area contributed by atoms with Gasteiger partial charge in [-0.25, -0.2) is 31.0 Å². The lowest BCUT2D eigenvalue weighted by Gasteiger charge is -2.42. The molecule has 2 aromatic carbocycles. The summed E-state index contributed by atoms with van der Waals surface area (Å²) in [7, 11) is 1.48. The number of anilines is 1. The van der Waals surface area contributed by atoms with Crippen molar-refractivity contribution in [2.75, 3.05) is 33.8 Å². The van der Waals surface area contributed by atoms with Gasteiger partial charge < -0.3 is 24.3 Å². The highest BCUT2D eigenvalue weighted by molar-refractivity contribution is 7.89. The fourth-order valence-corrected chi connectivity index (χ4v) is 8.42. The summed E-state index contributed by atoms with van der Waals surface area (Å²) in [6.07, 6.45) is -0.267. The summed E-state index contributed by atoms with van der Waals surface area (Å²) in [6, 6.07) is 12.5. The lowest BCUT2D eigenvalue weighted by atomic mass is 9.66. The first-order chi connectivity index (χ1) is 24.2. The number of methoxy groups -OCH3 is 4. The minimum absolute atomic E-state index is 0.0376. The van der Waals surface area contributed by atoms with Gasteiger partial charge in [0.1, 0.15) is 23.0 Å². The number of pyridine rings is 1. The Morgan fingerprint density at radius 1 is 0.804 bits per heavy atom. The third-order valence-corrected chi connectivity index (χ3v) is 11.6. The van der Waals surface area contributed by atoms with Crippen molar-refractivity contribution in [1.82, 2.24) is 9.29 Å². The van der Waals surface area contributed by atoms with Gasteiger partial charge in [-0.1, -0.05) is 12.1 Å². The molecule has 0 bridgehead atoms. The van der Waals surface area contributed by atoms with Crippen LogP contribution in [-0.2, 0) is 27.9 Å². The predicted octanol–water partition coefficient (Wildman–Crippen LogP) is 7.32. The van der Waals surface area contributed by atoms with E-state index < -0.39 is 57.5 Å². The molecule has 2 aliphatic rings. The largest absolute Gasteiger partial charge is 0.497 e.